The Morgan fingerprint density at radius 2 is 1.76 bits per heavy atom. The first-order valence-electron chi connectivity index (χ1n) is 7.47. The molecule has 0 bridgehead atoms. The first-order valence-corrected chi connectivity index (χ1v) is 7.47. The van der Waals surface area contributed by atoms with Gasteiger partial charge in [0.05, 0.1) is 0 Å². The molecule has 0 amide bonds. The highest BCUT2D eigenvalue weighted by Gasteiger charge is 1.99. The highest BCUT2D eigenvalue weighted by atomic mass is 16.5. The molecule has 0 aromatic heterocycles. The van der Waals surface area contributed by atoms with E-state index in [2.05, 4.69) is 54.7 Å². The van der Waals surface area contributed by atoms with Crippen LogP contribution in [0.25, 0.3) is 11.6 Å². The van der Waals surface area contributed by atoms with Crippen molar-refractivity contribution < 1.29 is 4.74 Å². The van der Waals surface area contributed by atoms with E-state index in [1.807, 2.05) is 25.2 Å². The zero-order valence-corrected chi connectivity index (χ0v) is 12.8. The fourth-order valence-electron chi connectivity index (χ4n) is 2.17. The third kappa shape index (κ3) is 4.76. The molecule has 2 heteroatoms. The second-order valence-electron chi connectivity index (χ2n) is 4.91. The third-order valence-corrected chi connectivity index (χ3v) is 3.37. The second kappa shape index (κ2) is 8.28. The van der Waals surface area contributed by atoms with Crippen LogP contribution in [0.5, 0.6) is 5.75 Å². The van der Waals surface area contributed by atoms with Crippen molar-refractivity contribution in [2.45, 2.75) is 13.3 Å². The Kier molecular flexibility index (Phi) is 6.04. The Morgan fingerprint density at radius 1 is 1.05 bits per heavy atom. The monoisotopic (exact) mass is 281 g/mol. The number of hydrogen-bond donors (Lipinski definition) is 1. The molecule has 0 aliphatic carbocycles. The number of nitrogens with one attached hydrogen (secondary N) is 1. The summed E-state index contributed by atoms with van der Waals surface area (Å²) in [6, 6.07) is 18.8. The van der Waals surface area contributed by atoms with Gasteiger partial charge < -0.3 is 10.1 Å². The van der Waals surface area contributed by atoms with Crippen molar-refractivity contribution in [2.24, 2.45) is 0 Å². The van der Waals surface area contributed by atoms with Crippen molar-refractivity contribution >= 4 is 11.6 Å². The smallest absolute Gasteiger partial charge is 0.119 e. The molecule has 2 aromatic carbocycles. The number of allylic oxidation sites excluding steroid dienone is 1. The molecule has 2 rings (SSSR count). The lowest BCUT2D eigenvalue weighted by Crippen LogP contribution is -2.15. The van der Waals surface area contributed by atoms with Crippen LogP contribution < -0.4 is 10.1 Å². The lowest BCUT2D eigenvalue weighted by atomic mass is 10.0. The third-order valence-electron chi connectivity index (χ3n) is 3.37. The molecule has 21 heavy (non-hydrogen) atoms. The lowest BCUT2D eigenvalue weighted by molar-refractivity contribution is 0.318. The Morgan fingerprint density at radius 3 is 2.38 bits per heavy atom. The van der Waals surface area contributed by atoms with Crippen LogP contribution in [0.4, 0.5) is 0 Å². The Hall–Kier alpha value is -2.06. The van der Waals surface area contributed by atoms with Gasteiger partial charge in [0.2, 0.25) is 0 Å². The van der Waals surface area contributed by atoms with E-state index < -0.39 is 0 Å². The standard InChI is InChI=1S/C19H23NO/c1-3-17(18-7-5-4-6-8-18)15-16-9-11-19(12-10-16)21-14-13-20-2/h4-12,15,20H,3,13-14H2,1-2H3. The van der Waals surface area contributed by atoms with E-state index in [1.165, 1.54) is 16.7 Å². The first kappa shape index (κ1) is 15.3. The summed E-state index contributed by atoms with van der Waals surface area (Å²) < 4.78 is 5.63. The van der Waals surface area contributed by atoms with E-state index >= 15 is 0 Å². The minimum absolute atomic E-state index is 0.690. The molecule has 0 aliphatic heterocycles. The molecule has 0 spiro atoms. The molecular weight excluding hydrogens is 258 g/mol. The van der Waals surface area contributed by atoms with Crippen LogP contribution in [0.2, 0.25) is 0 Å². The van der Waals surface area contributed by atoms with E-state index in [4.69, 9.17) is 4.74 Å². The van der Waals surface area contributed by atoms with Crippen LogP contribution in [-0.4, -0.2) is 20.2 Å². The summed E-state index contributed by atoms with van der Waals surface area (Å²) >= 11 is 0. The van der Waals surface area contributed by atoms with Crippen LogP contribution in [-0.2, 0) is 0 Å². The van der Waals surface area contributed by atoms with Gasteiger partial charge in [0.25, 0.3) is 0 Å². The van der Waals surface area contributed by atoms with Gasteiger partial charge in [-0.3, -0.25) is 0 Å². The maximum atomic E-state index is 5.63. The molecule has 0 atom stereocenters. The van der Waals surface area contributed by atoms with Gasteiger partial charge in [-0.25, -0.2) is 0 Å². The average Bonchev–Trinajstić information content (AvgIpc) is 2.55. The largest absolute Gasteiger partial charge is 0.492 e. The predicted molar refractivity (Wildman–Crippen MR) is 90.5 cm³/mol. The summed E-state index contributed by atoms with van der Waals surface area (Å²) in [6.07, 6.45) is 3.26. The normalized spacial score (nSPS) is 11.4. The van der Waals surface area contributed by atoms with Crippen molar-refractivity contribution in [1.82, 2.24) is 5.32 Å². The van der Waals surface area contributed by atoms with Gasteiger partial charge in [0.15, 0.2) is 0 Å². The number of hydrogen-bond acceptors (Lipinski definition) is 2. The number of likely N-dealkylation sites (N-methyl/N-ethyl adjacent to an activating group) is 1. The van der Waals surface area contributed by atoms with E-state index in [9.17, 15) is 0 Å². The highest BCUT2D eigenvalue weighted by Crippen LogP contribution is 2.22. The SMILES string of the molecule is CCC(=Cc1ccc(OCCNC)cc1)c1ccccc1. The summed E-state index contributed by atoms with van der Waals surface area (Å²) in [6.45, 7) is 3.74. The number of benzene rings is 2. The van der Waals surface area contributed by atoms with E-state index in [1.54, 1.807) is 0 Å². The molecule has 1 N–H and O–H groups in total. The van der Waals surface area contributed by atoms with E-state index in [0.29, 0.717) is 6.61 Å². The minimum atomic E-state index is 0.690. The molecule has 0 radical (unpaired) electrons. The van der Waals surface area contributed by atoms with Crippen molar-refractivity contribution in [3.8, 4) is 5.75 Å². The second-order valence-corrected chi connectivity index (χ2v) is 4.91. The van der Waals surface area contributed by atoms with Crippen LogP contribution >= 0.6 is 0 Å². The average molecular weight is 281 g/mol. The van der Waals surface area contributed by atoms with Crippen molar-refractivity contribution in [2.75, 3.05) is 20.2 Å². The van der Waals surface area contributed by atoms with Gasteiger partial charge in [-0.15, -0.1) is 0 Å². The van der Waals surface area contributed by atoms with Gasteiger partial charge in [-0.05, 0) is 42.3 Å². The van der Waals surface area contributed by atoms with E-state index in [0.717, 1.165) is 18.7 Å². The highest BCUT2D eigenvalue weighted by molar-refractivity contribution is 5.81. The summed E-state index contributed by atoms with van der Waals surface area (Å²) in [5, 5.41) is 3.07. The number of ether oxygens (including phenoxy) is 1. The zero-order chi connectivity index (χ0) is 14.9. The molecule has 0 aliphatic rings. The molecule has 0 fully saturated rings. The van der Waals surface area contributed by atoms with Gasteiger partial charge in [-0.1, -0.05) is 55.5 Å². The molecule has 110 valence electrons. The van der Waals surface area contributed by atoms with Crippen molar-refractivity contribution in [3.05, 3.63) is 65.7 Å². The Labute approximate surface area is 127 Å². The molecule has 2 nitrogen and oxygen atoms in total. The van der Waals surface area contributed by atoms with Gasteiger partial charge in [0, 0.05) is 6.54 Å². The minimum Gasteiger partial charge on any atom is -0.492 e. The van der Waals surface area contributed by atoms with Crippen molar-refractivity contribution in [1.29, 1.82) is 0 Å². The first-order chi connectivity index (χ1) is 10.3. The number of rotatable bonds is 7. The van der Waals surface area contributed by atoms with Crippen LogP contribution in [0.1, 0.15) is 24.5 Å². The van der Waals surface area contributed by atoms with Crippen LogP contribution in [0.3, 0.4) is 0 Å². The maximum absolute atomic E-state index is 5.63. The molecular formula is C19H23NO. The summed E-state index contributed by atoms with van der Waals surface area (Å²) in [4.78, 5) is 0. The maximum Gasteiger partial charge on any atom is 0.119 e. The predicted octanol–water partition coefficient (Wildman–Crippen LogP) is 4.24. The Balaban J connectivity index is 2.09. The van der Waals surface area contributed by atoms with Gasteiger partial charge in [0.1, 0.15) is 12.4 Å². The summed E-state index contributed by atoms with van der Waals surface area (Å²) in [7, 11) is 1.92. The molecule has 0 unspecified atom stereocenters. The molecule has 2 aromatic rings. The topological polar surface area (TPSA) is 21.3 Å². The zero-order valence-electron chi connectivity index (χ0n) is 12.8. The van der Waals surface area contributed by atoms with E-state index in [-0.39, 0.29) is 0 Å². The fraction of sp³-hybridized carbons (Fsp3) is 0.263. The quantitative estimate of drug-likeness (QED) is 0.605. The molecule has 0 heterocycles. The molecule has 0 saturated heterocycles. The van der Waals surface area contributed by atoms with Gasteiger partial charge in [-0.2, -0.15) is 0 Å². The lowest BCUT2D eigenvalue weighted by Gasteiger charge is -2.07. The Bertz CT molecular complexity index is 558. The van der Waals surface area contributed by atoms with Crippen LogP contribution in [0.15, 0.2) is 54.6 Å². The van der Waals surface area contributed by atoms with Crippen molar-refractivity contribution in [3.63, 3.8) is 0 Å². The fourth-order valence-corrected chi connectivity index (χ4v) is 2.17. The van der Waals surface area contributed by atoms with Gasteiger partial charge >= 0.3 is 0 Å². The van der Waals surface area contributed by atoms with Crippen LogP contribution in [0, 0.1) is 0 Å². The summed E-state index contributed by atoms with van der Waals surface area (Å²) in [5.41, 5.74) is 3.84. The summed E-state index contributed by atoms with van der Waals surface area (Å²) in [5.74, 6) is 0.917. The molecule has 0 saturated carbocycles.